The monoisotopic (exact) mass is 631 g/mol. The topological polar surface area (TPSA) is 81.5 Å². The Morgan fingerprint density at radius 1 is 1.18 bits per heavy atom. The molecular formula is C34H38ClN5O3S. The highest BCUT2D eigenvalue weighted by Crippen LogP contribution is 2.45. The number of aromatic nitrogens is 3. The van der Waals surface area contributed by atoms with Crippen molar-refractivity contribution in [2.24, 2.45) is 7.05 Å². The van der Waals surface area contributed by atoms with Crippen molar-refractivity contribution in [3.63, 3.8) is 0 Å². The lowest BCUT2D eigenvalue weighted by Crippen LogP contribution is -2.45. The van der Waals surface area contributed by atoms with E-state index in [0.717, 1.165) is 68.1 Å². The first-order valence-electron chi connectivity index (χ1n) is 15.0. The number of halogens is 1. The van der Waals surface area contributed by atoms with E-state index >= 15 is 0 Å². The molecular weight excluding hydrogens is 594 g/mol. The molecule has 2 atom stereocenters. The molecule has 0 saturated carbocycles. The Balaban J connectivity index is 1.44. The number of carbonyl (C=O) groups excluding carboxylic acids is 1. The molecule has 1 saturated heterocycles. The number of hydrogen-bond donors (Lipinski definition) is 1. The van der Waals surface area contributed by atoms with Crippen LogP contribution in [0.3, 0.4) is 0 Å². The summed E-state index contributed by atoms with van der Waals surface area (Å²) in [4.78, 5) is 21.0. The maximum atomic E-state index is 13.5. The number of aryl methyl sites for hydroxylation is 2. The minimum Gasteiger partial charge on any atom is -0.464 e. The van der Waals surface area contributed by atoms with Gasteiger partial charge in [0.1, 0.15) is 0 Å². The fraction of sp³-hybridized carbons (Fsp3) is 0.382. The van der Waals surface area contributed by atoms with Crippen LogP contribution >= 0.6 is 22.9 Å². The van der Waals surface area contributed by atoms with Crippen molar-refractivity contribution < 1.29 is 14.3 Å². The van der Waals surface area contributed by atoms with Crippen molar-refractivity contribution in [2.75, 3.05) is 31.1 Å². The number of rotatable bonds is 7. The number of benzene rings is 3. The van der Waals surface area contributed by atoms with E-state index in [4.69, 9.17) is 26.1 Å². The quantitative estimate of drug-likeness (QED) is 0.188. The minimum atomic E-state index is -0.901. The molecule has 44 heavy (non-hydrogen) atoms. The van der Waals surface area contributed by atoms with E-state index in [0.29, 0.717) is 5.02 Å². The number of ether oxygens (including phenoxy) is 2. The first kappa shape index (κ1) is 30.5. The van der Waals surface area contributed by atoms with Gasteiger partial charge in [0.05, 0.1) is 34.1 Å². The zero-order valence-electron chi connectivity index (χ0n) is 26.0. The molecule has 0 bridgehead atoms. The molecule has 6 rings (SSSR count). The minimum absolute atomic E-state index is 0.154. The summed E-state index contributed by atoms with van der Waals surface area (Å²) in [6.07, 6.45) is 1.01. The number of hydrogen-bond acceptors (Lipinski definition) is 8. The average molecular weight is 632 g/mol. The Labute approximate surface area is 266 Å². The highest BCUT2D eigenvalue weighted by molar-refractivity contribution is 7.22. The third kappa shape index (κ3) is 6.06. The fourth-order valence-corrected chi connectivity index (χ4v) is 7.20. The van der Waals surface area contributed by atoms with Crippen LogP contribution in [0.15, 0.2) is 54.7 Å². The molecule has 2 unspecified atom stereocenters. The lowest BCUT2D eigenvalue weighted by molar-refractivity contribution is -0.166. The molecule has 2 aromatic heterocycles. The summed E-state index contributed by atoms with van der Waals surface area (Å²) in [5.74, 6) is -0.402. The van der Waals surface area contributed by atoms with Gasteiger partial charge in [-0.15, -0.1) is 0 Å². The van der Waals surface area contributed by atoms with Crippen LogP contribution in [0.4, 0.5) is 5.13 Å². The largest absolute Gasteiger partial charge is 0.464 e. The molecule has 1 fully saturated rings. The zero-order chi connectivity index (χ0) is 31.2. The molecule has 10 heteroatoms. The number of nitrogens with zero attached hydrogens (tertiary/aromatic N) is 4. The van der Waals surface area contributed by atoms with E-state index in [1.54, 1.807) is 11.3 Å². The van der Waals surface area contributed by atoms with E-state index in [2.05, 4.69) is 39.6 Å². The van der Waals surface area contributed by atoms with Crippen molar-refractivity contribution in [3.05, 3.63) is 76.4 Å². The third-order valence-corrected chi connectivity index (χ3v) is 9.30. The Hall–Kier alpha value is -3.50. The lowest BCUT2D eigenvalue weighted by Gasteiger charge is -2.33. The third-order valence-electron chi connectivity index (χ3n) is 7.90. The second kappa shape index (κ2) is 12.1. The van der Waals surface area contributed by atoms with Crippen molar-refractivity contribution in [1.82, 2.24) is 20.1 Å². The molecule has 0 amide bonds. The Morgan fingerprint density at radius 2 is 1.95 bits per heavy atom. The summed E-state index contributed by atoms with van der Waals surface area (Å²) >= 11 is 7.96. The van der Waals surface area contributed by atoms with Gasteiger partial charge in [-0.25, -0.2) is 9.78 Å². The highest BCUT2D eigenvalue weighted by atomic mass is 35.5. The smallest absolute Gasteiger partial charge is 0.339 e. The first-order valence-corrected chi connectivity index (χ1v) is 16.2. The molecule has 8 nitrogen and oxygen atoms in total. The van der Waals surface area contributed by atoms with Crippen molar-refractivity contribution in [3.8, 4) is 11.1 Å². The average Bonchev–Trinajstić information content (AvgIpc) is 3.58. The van der Waals surface area contributed by atoms with E-state index < -0.39 is 17.7 Å². The van der Waals surface area contributed by atoms with Gasteiger partial charge in [0, 0.05) is 54.3 Å². The maximum Gasteiger partial charge on any atom is 0.339 e. The lowest BCUT2D eigenvalue weighted by atomic mass is 9.91. The van der Waals surface area contributed by atoms with Crippen LogP contribution in [0, 0.1) is 6.92 Å². The SMILES string of the molecule is CCOC(=O)C(OC(C)(C)C)c1c(C)cc2nc(N3CCNC(c4ccc5c(cnn5C)c4)C3)sc2c1-c1ccc(Cl)cc1. The number of nitrogens with one attached hydrogen (secondary N) is 1. The van der Waals surface area contributed by atoms with E-state index in [-0.39, 0.29) is 12.6 Å². The van der Waals surface area contributed by atoms with Crippen LogP contribution < -0.4 is 10.2 Å². The van der Waals surface area contributed by atoms with Crippen LogP contribution in [0.25, 0.3) is 32.2 Å². The zero-order valence-corrected chi connectivity index (χ0v) is 27.6. The molecule has 0 spiro atoms. The molecule has 3 aromatic carbocycles. The molecule has 1 aliphatic heterocycles. The van der Waals surface area contributed by atoms with Crippen LogP contribution in [0.1, 0.15) is 56.5 Å². The van der Waals surface area contributed by atoms with E-state index in [1.165, 1.54) is 5.56 Å². The second-order valence-electron chi connectivity index (χ2n) is 12.2. The number of anilines is 1. The number of carbonyl (C=O) groups is 1. The van der Waals surface area contributed by atoms with Gasteiger partial charge in [-0.3, -0.25) is 4.68 Å². The van der Waals surface area contributed by atoms with Crippen molar-refractivity contribution in [2.45, 2.75) is 52.4 Å². The van der Waals surface area contributed by atoms with E-state index in [9.17, 15) is 4.79 Å². The molecule has 3 heterocycles. The standard InChI is InChI=1S/C34H38ClN5O3S/c1-7-42-32(41)30(43-34(3,4)5)28-20(2)16-25-31(29(28)21-8-11-24(35)12-9-21)44-33(38-25)40-15-14-36-26(19-40)22-10-13-27-23(17-22)18-37-39(27)6/h8-13,16-18,26,30,36H,7,14-15,19H2,1-6H3. The first-order chi connectivity index (χ1) is 21.0. The van der Waals surface area contributed by atoms with Crippen LogP contribution in [0.2, 0.25) is 5.02 Å². The molecule has 1 N–H and O–H groups in total. The summed E-state index contributed by atoms with van der Waals surface area (Å²) in [5.41, 5.74) is 6.25. The van der Waals surface area contributed by atoms with Gasteiger partial charge in [0.2, 0.25) is 0 Å². The molecule has 0 radical (unpaired) electrons. The fourth-order valence-electron chi connectivity index (χ4n) is 5.92. The van der Waals surface area contributed by atoms with Gasteiger partial charge in [0.25, 0.3) is 0 Å². The van der Waals surface area contributed by atoms with Gasteiger partial charge in [-0.05, 0) is 81.6 Å². The predicted octanol–water partition coefficient (Wildman–Crippen LogP) is 7.38. The highest BCUT2D eigenvalue weighted by Gasteiger charge is 2.34. The summed E-state index contributed by atoms with van der Waals surface area (Å²) in [5, 5.41) is 10.8. The van der Waals surface area contributed by atoms with Gasteiger partial charge in [-0.2, -0.15) is 5.10 Å². The summed E-state index contributed by atoms with van der Waals surface area (Å²) in [6, 6.07) is 16.5. The summed E-state index contributed by atoms with van der Waals surface area (Å²) < 4.78 is 14.9. The van der Waals surface area contributed by atoms with Crippen LogP contribution in [-0.4, -0.2) is 52.6 Å². The Bertz CT molecular complexity index is 1830. The molecule has 5 aromatic rings. The maximum absolute atomic E-state index is 13.5. The number of thiazole rings is 1. The van der Waals surface area contributed by atoms with E-state index in [1.807, 2.05) is 76.8 Å². The van der Waals surface area contributed by atoms with Gasteiger partial charge >= 0.3 is 5.97 Å². The van der Waals surface area contributed by atoms with Gasteiger partial charge in [0.15, 0.2) is 11.2 Å². The predicted molar refractivity (Wildman–Crippen MR) is 179 cm³/mol. The van der Waals surface area contributed by atoms with Gasteiger partial charge in [-0.1, -0.05) is 41.1 Å². The molecule has 1 aliphatic rings. The second-order valence-corrected chi connectivity index (χ2v) is 13.6. The molecule has 230 valence electrons. The number of esters is 1. The van der Waals surface area contributed by atoms with Crippen LogP contribution in [0.5, 0.6) is 0 Å². The molecule has 0 aliphatic carbocycles. The van der Waals surface area contributed by atoms with Gasteiger partial charge < -0.3 is 19.7 Å². The summed E-state index contributed by atoms with van der Waals surface area (Å²) in [7, 11) is 1.96. The Morgan fingerprint density at radius 3 is 2.68 bits per heavy atom. The van der Waals surface area contributed by atoms with Crippen LogP contribution in [-0.2, 0) is 21.3 Å². The van der Waals surface area contributed by atoms with Crippen molar-refractivity contribution >= 4 is 55.2 Å². The Kier molecular flexibility index (Phi) is 8.41. The number of fused-ring (bicyclic) bond motifs is 2. The number of piperazine rings is 1. The summed E-state index contributed by atoms with van der Waals surface area (Å²) in [6.45, 7) is 12.4. The van der Waals surface area contributed by atoms with Crippen molar-refractivity contribution in [1.29, 1.82) is 0 Å². The normalized spacial score (nSPS) is 16.5.